The molecule has 0 atom stereocenters. The van der Waals surface area contributed by atoms with Gasteiger partial charge in [-0.15, -0.1) is 24.8 Å². The standard InChI is InChI=1S/C29H30N2.2ClH/c30-28-14-6-3-10-24(28)11-7-19-31-20-17-25(18-21-31)29-26-12-4-1-8-22(26)15-16-23-9-2-5-13-27(23)29;;/h1-6,8-10,12-16H,7,11,17-21,30H2;2*1H. The number of rotatable bonds is 4. The van der Waals surface area contributed by atoms with Crippen molar-refractivity contribution in [2.45, 2.75) is 25.7 Å². The maximum Gasteiger partial charge on any atom is 0.0346 e. The lowest BCUT2D eigenvalue weighted by molar-refractivity contribution is 0.254. The number of fused-ring (bicyclic) bond motifs is 2. The zero-order chi connectivity index (χ0) is 21.0. The van der Waals surface area contributed by atoms with Crippen molar-refractivity contribution in [2.24, 2.45) is 0 Å². The van der Waals surface area contributed by atoms with Crippen LogP contribution in [0.1, 0.15) is 47.1 Å². The molecule has 0 spiro atoms. The van der Waals surface area contributed by atoms with E-state index >= 15 is 0 Å². The number of likely N-dealkylation sites (tertiary alicyclic amines) is 1. The number of hydrogen-bond acceptors (Lipinski definition) is 2. The molecule has 172 valence electrons. The number of para-hydroxylation sites is 1. The van der Waals surface area contributed by atoms with E-state index in [0.29, 0.717) is 0 Å². The van der Waals surface area contributed by atoms with E-state index in [9.17, 15) is 0 Å². The fourth-order valence-corrected chi connectivity index (χ4v) is 5.00. The highest BCUT2D eigenvalue weighted by molar-refractivity contribution is 5.94. The summed E-state index contributed by atoms with van der Waals surface area (Å²) < 4.78 is 0. The number of nitrogens with zero attached hydrogens (tertiary/aromatic N) is 1. The lowest BCUT2D eigenvalue weighted by Crippen LogP contribution is -2.32. The first-order valence-corrected chi connectivity index (χ1v) is 11.4. The van der Waals surface area contributed by atoms with Crippen LogP contribution >= 0.6 is 24.8 Å². The fraction of sp³-hybridized carbons (Fsp3) is 0.241. The van der Waals surface area contributed by atoms with Gasteiger partial charge < -0.3 is 10.6 Å². The third-order valence-corrected chi connectivity index (χ3v) is 6.69. The van der Waals surface area contributed by atoms with Crippen LogP contribution in [0, 0.1) is 0 Å². The minimum Gasteiger partial charge on any atom is -0.399 e. The number of hydrogen-bond donors (Lipinski definition) is 1. The summed E-state index contributed by atoms with van der Waals surface area (Å²) in [5, 5.41) is 0. The lowest BCUT2D eigenvalue weighted by atomic mass is 9.86. The Morgan fingerprint density at radius 2 is 1.24 bits per heavy atom. The average Bonchev–Trinajstić information content (AvgIpc) is 2.98. The summed E-state index contributed by atoms with van der Waals surface area (Å²) in [4.78, 5) is 2.62. The Kier molecular flexibility index (Phi) is 8.80. The van der Waals surface area contributed by atoms with E-state index in [1.807, 2.05) is 12.1 Å². The fourth-order valence-electron chi connectivity index (χ4n) is 5.00. The van der Waals surface area contributed by atoms with Crippen molar-refractivity contribution >= 4 is 48.2 Å². The van der Waals surface area contributed by atoms with Crippen molar-refractivity contribution in [3.63, 3.8) is 0 Å². The molecule has 0 aromatic heterocycles. The van der Waals surface area contributed by atoms with Gasteiger partial charge in [-0.1, -0.05) is 84.5 Å². The van der Waals surface area contributed by atoms with Crippen molar-refractivity contribution in [1.82, 2.24) is 4.90 Å². The van der Waals surface area contributed by atoms with Crippen molar-refractivity contribution < 1.29 is 0 Å². The van der Waals surface area contributed by atoms with Crippen LogP contribution in [0.3, 0.4) is 0 Å². The van der Waals surface area contributed by atoms with Gasteiger partial charge in [0.05, 0.1) is 0 Å². The number of nitrogens with two attached hydrogens (primary N) is 1. The molecule has 0 bridgehead atoms. The van der Waals surface area contributed by atoms with E-state index in [2.05, 4.69) is 77.7 Å². The van der Waals surface area contributed by atoms with E-state index in [-0.39, 0.29) is 24.8 Å². The third-order valence-electron chi connectivity index (χ3n) is 6.69. The van der Waals surface area contributed by atoms with E-state index < -0.39 is 0 Å². The van der Waals surface area contributed by atoms with Crippen molar-refractivity contribution in [3.8, 4) is 0 Å². The van der Waals surface area contributed by atoms with E-state index in [0.717, 1.165) is 51.0 Å². The Bertz CT molecular complexity index is 1090. The molecule has 2 aliphatic rings. The summed E-state index contributed by atoms with van der Waals surface area (Å²) >= 11 is 0. The molecule has 1 aliphatic carbocycles. The molecule has 1 fully saturated rings. The molecule has 33 heavy (non-hydrogen) atoms. The molecule has 0 radical (unpaired) electrons. The van der Waals surface area contributed by atoms with Gasteiger partial charge in [-0.2, -0.15) is 0 Å². The first kappa shape index (κ1) is 25.1. The minimum absolute atomic E-state index is 0. The Morgan fingerprint density at radius 3 is 1.85 bits per heavy atom. The van der Waals surface area contributed by atoms with Gasteiger partial charge in [0, 0.05) is 18.8 Å². The van der Waals surface area contributed by atoms with Gasteiger partial charge >= 0.3 is 0 Å². The smallest absolute Gasteiger partial charge is 0.0346 e. The summed E-state index contributed by atoms with van der Waals surface area (Å²) in [5.74, 6) is 0. The SMILES string of the molecule is Cl.Cl.Nc1ccccc1CCCN1CCC(=C2c3ccccc3C=Cc3ccccc32)CC1. The lowest BCUT2D eigenvalue weighted by Gasteiger charge is -2.30. The maximum absolute atomic E-state index is 6.11. The van der Waals surface area contributed by atoms with Gasteiger partial charge in [-0.3, -0.25) is 0 Å². The predicted molar refractivity (Wildman–Crippen MR) is 147 cm³/mol. The molecular weight excluding hydrogens is 447 g/mol. The normalized spacial score (nSPS) is 15.0. The Balaban J connectivity index is 0.00000153. The van der Waals surface area contributed by atoms with Crippen LogP contribution in [-0.2, 0) is 6.42 Å². The molecule has 0 saturated carbocycles. The summed E-state index contributed by atoms with van der Waals surface area (Å²) in [7, 11) is 0. The van der Waals surface area contributed by atoms with Crippen molar-refractivity contribution in [3.05, 3.63) is 106 Å². The molecule has 2 nitrogen and oxygen atoms in total. The van der Waals surface area contributed by atoms with Crippen molar-refractivity contribution in [1.29, 1.82) is 0 Å². The summed E-state index contributed by atoms with van der Waals surface area (Å²) in [6.45, 7) is 3.42. The Hall–Kier alpha value is -2.52. The minimum atomic E-state index is 0. The highest BCUT2D eigenvalue weighted by Gasteiger charge is 2.22. The number of benzene rings is 3. The molecule has 1 heterocycles. The molecule has 0 amide bonds. The van der Waals surface area contributed by atoms with Crippen LogP contribution in [0.2, 0.25) is 0 Å². The maximum atomic E-state index is 6.11. The average molecular weight is 479 g/mol. The zero-order valence-corrected chi connectivity index (χ0v) is 20.5. The quantitative estimate of drug-likeness (QED) is 0.316. The van der Waals surface area contributed by atoms with Crippen LogP contribution in [-0.4, -0.2) is 24.5 Å². The van der Waals surface area contributed by atoms with Gasteiger partial charge in [-0.25, -0.2) is 0 Å². The van der Waals surface area contributed by atoms with E-state index in [1.54, 1.807) is 5.57 Å². The Morgan fingerprint density at radius 1 is 0.697 bits per heavy atom. The largest absolute Gasteiger partial charge is 0.399 e. The molecule has 1 saturated heterocycles. The molecule has 0 unspecified atom stereocenters. The monoisotopic (exact) mass is 478 g/mol. The number of halogens is 2. The van der Waals surface area contributed by atoms with Gasteiger partial charge in [-0.05, 0) is 71.7 Å². The van der Waals surface area contributed by atoms with Crippen LogP contribution in [0.25, 0.3) is 17.7 Å². The van der Waals surface area contributed by atoms with Gasteiger partial charge in [0.25, 0.3) is 0 Å². The number of anilines is 1. The van der Waals surface area contributed by atoms with E-state index in [4.69, 9.17) is 5.73 Å². The second-order valence-electron chi connectivity index (χ2n) is 8.63. The summed E-state index contributed by atoms with van der Waals surface area (Å²) in [6.07, 6.45) is 9.05. The highest BCUT2D eigenvalue weighted by atomic mass is 35.5. The number of piperidine rings is 1. The third kappa shape index (κ3) is 5.52. The van der Waals surface area contributed by atoms with E-state index in [1.165, 1.54) is 33.4 Å². The first-order chi connectivity index (χ1) is 15.3. The second-order valence-corrected chi connectivity index (χ2v) is 8.63. The second kappa shape index (κ2) is 11.6. The number of nitrogen functional groups attached to an aromatic ring is 1. The Labute approximate surface area is 210 Å². The van der Waals surface area contributed by atoms with Crippen LogP contribution in [0.5, 0.6) is 0 Å². The van der Waals surface area contributed by atoms with Crippen molar-refractivity contribution in [2.75, 3.05) is 25.4 Å². The molecule has 2 N–H and O–H groups in total. The molecule has 5 rings (SSSR count). The number of aryl methyl sites for hydroxylation is 1. The molecule has 3 aromatic carbocycles. The van der Waals surface area contributed by atoms with Gasteiger partial charge in [0.2, 0.25) is 0 Å². The summed E-state index contributed by atoms with van der Waals surface area (Å²) in [6, 6.07) is 26.0. The first-order valence-electron chi connectivity index (χ1n) is 11.4. The molecule has 4 heteroatoms. The topological polar surface area (TPSA) is 29.3 Å². The zero-order valence-electron chi connectivity index (χ0n) is 18.9. The van der Waals surface area contributed by atoms with Crippen LogP contribution in [0.4, 0.5) is 5.69 Å². The molecular formula is C29H32Cl2N2. The van der Waals surface area contributed by atoms with Crippen LogP contribution in [0.15, 0.2) is 78.4 Å². The van der Waals surface area contributed by atoms with Gasteiger partial charge in [0.15, 0.2) is 0 Å². The molecule has 3 aromatic rings. The predicted octanol–water partition coefficient (Wildman–Crippen LogP) is 7.13. The van der Waals surface area contributed by atoms with Gasteiger partial charge in [0.1, 0.15) is 0 Å². The molecule has 1 aliphatic heterocycles. The van der Waals surface area contributed by atoms with Crippen LogP contribution < -0.4 is 5.73 Å². The summed E-state index contributed by atoms with van der Waals surface area (Å²) in [5.41, 5.74) is 16.8. The highest BCUT2D eigenvalue weighted by Crippen LogP contribution is 2.38.